The average molecular weight is 524 g/mol. The SMILES string of the molecule is Cc1ccc(C)c2sc(N(Cc3ccco3)C(=O)c3ccc(S(=O)(=O)N4CCC(C)CC4)cc3)nc12. The summed E-state index contributed by atoms with van der Waals surface area (Å²) in [7, 11) is -3.59. The van der Waals surface area contributed by atoms with Gasteiger partial charge in [0.15, 0.2) is 5.13 Å². The minimum atomic E-state index is -3.59. The lowest BCUT2D eigenvalue weighted by molar-refractivity contribution is 0.0983. The molecule has 0 bridgehead atoms. The van der Waals surface area contributed by atoms with Crippen LogP contribution in [-0.4, -0.2) is 36.7 Å². The van der Waals surface area contributed by atoms with Crippen LogP contribution in [0.5, 0.6) is 0 Å². The Morgan fingerprint density at radius 1 is 1.08 bits per heavy atom. The maximum Gasteiger partial charge on any atom is 0.260 e. The van der Waals surface area contributed by atoms with Gasteiger partial charge in [-0.25, -0.2) is 13.4 Å². The molecule has 4 aromatic rings. The lowest BCUT2D eigenvalue weighted by atomic mass is 10.0. The molecule has 188 valence electrons. The number of carbonyl (C=O) groups is 1. The molecule has 2 aromatic carbocycles. The van der Waals surface area contributed by atoms with E-state index in [4.69, 9.17) is 9.40 Å². The minimum absolute atomic E-state index is 0.206. The number of thiazole rings is 1. The topological polar surface area (TPSA) is 83.7 Å². The van der Waals surface area contributed by atoms with Gasteiger partial charge in [0.25, 0.3) is 5.91 Å². The van der Waals surface area contributed by atoms with Gasteiger partial charge < -0.3 is 4.42 Å². The molecular weight excluding hydrogens is 494 g/mol. The molecule has 5 rings (SSSR count). The van der Waals surface area contributed by atoms with E-state index in [1.807, 2.05) is 26.0 Å². The quantitative estimate of drug-likeness (QED) is 0.320. The molecule has 0 spiro atoms. The van der Waals surface area contributed by atoms with Crippen LogP contribution in [0.4, 0.5) is 5.13 Å². The molecule has 7 nitrogen and oxygen atoms in total. The first-order valence-electron chi connectivity index (χ1n) is 12.1. The van der Waals surface area contributed by atoms with E-state index in [2.05, 4.69) is 13.0 Å². The Labute approximate surface area is 215 Å². The molecule has 1 aliphatic rings. The van der Waals surface area contributed by atoms with Gasteiger partial charge in [0, 0.05) is 18.7 Å². The first-order chi connectivity index (χ1) is 17.2. The van der Waals surface area contributed by atoms with Gasteiger partial charge >= 0.3 is 0 Å². The van der Waals surface area contributed by atoms with Crippen LogP contribution in [0.2, 0.25) is 0 Å². The number of hydrogen-bond acceptors (Lipinski definition) is 6. The number of fused-ring (bicyclic) bond motifs is 1. The first kappa shape index (κ1) is 24.7. The highest BCUT2D eigenvalue weighted by atomic mass is 32.2. The molecule has 1 aliphatic heterocycles. The van der Waals surface area contributed by atoms with Crippen LogP contribution in [0.1, 0.15) is 47.0 Å². The van der Waals surface area contributed by atoms with Crippen molar-refractivity contribution in [3.05, 3.63) is 77.2 Å². The Morgan fingerprint density at radius 2 is 1.78 bits per heavy atom. The molecule has 3 heterocycles. The van der Waals surface area contributed by atoms with Crippen molar-refractivity contribution in [2.75, 3.05) is 18.0 Å². The molecule has 9 heteroatoms. The Hall–Kier alpha value is -3.01. The second kappa shape index (κ2) is 9.80. The normalized spacial score (nSPS) is 15.4. The van der Waals surface area contributed by atoms with Crippen molar-refractivity contribution >= 4 is 42.6 Å². The molecule has 0 N–H and O–H groups in total. The van der Waals surface area contributed by atoms with Crippen molar-refractivity contribution in [1.82, 2.24) is 9.29 Å². The van der Waals surface area contributed by atoms with Crippen LogP contribution in [0, 0.1) is 19.8 Å². The molecule has 0 aliphatic carbocycles. The van der Waals surface area contributed by atoms with Crippen LogP contribution in [-0.2, 0) is 16.6 Å². The number of aromatic nitrogens is 1. The number of piperidine rings is 1. The van der Waals surface area contributed by atoms with Crippen LogP contribution in [0.15, 0.2) is 64.1 Å². The number of amides is 1. The number of benzene rings is 2. The fourth-order valence-electron chi connectivity index (χ4n) is 4.45. The highest BCUT2D eigenvalue weighted by Crippen LogP contribution is 2.34. The van der Waals surface area contributed by atoms with E-state index in [1.165, 1.54) is 23.5 Å². The molecule has 1 fully saturated rings. The predicted molar refractivity (Wildman–Crippen MR) is 142 cm³/mol. The third-order valence-electron chi connectivity index (χ3n) is 6.78. The van der Waals surface area contributed by atoms with Crippen LogP contribution < -0.4 is 4.90 Å². The maximum absolute atomic E-state index is 13.7. The van der Waals surface area contributed by atoms with E-state index in [-0.39, 0.29) is 17.3 Å². The summed E-state index contributed by atoms with van der Waals surface area (Å²) >= 11 is 1.47. The van der Waals surface area contributed by atoms with Crippen molar-refractivity contribution in [2.45, 2.75) is 45.1 Å². The fourth-order valence-corrected chi connectivity index (χ4v) is 7.03. The molecular formula is C27H29N3O4S2. The standard InChI is InChI=1S/C27H29N3O4S2/c1-18-12-14-29(15-13-18)36(32,33)23-10-8-21(9-11-23)26(31)30(17-22-5-4-16-34-22)27-28-24-19(2)6-7-20(3)25(24)35-27/h4-11,16,18H,12-15,17H2,1-3H3. The lowest BCUT2D eigenvalue weighted by Gasteiger charge is -2.29. The third-order valence-corrected chi connectivity index (χ3v) is 9.91. The Kier molecular flexibility index (Phi) is 6.72. The summed E-state index contributed by atoms with van der Waals surface area (Å²) in [5, 5.41) is 0.572. The molecule has 0 unspecified atom stereocenters. The van der Waals surface area contributed by atoms with Crippen molar-refractivity contribution < 1.29 is 17.6 Å². The first-order valence-corrected chi connectivity index (χ1v) is 14.3. The second-order valence-electron chi connectivity index (χ2n) is 9.46. The van der Waals surface area contributed by atoms with Gasteiger partial charge in [-0.2, -0.15) is 4.31 Å². The summed E-state index contributed by atoms with van der Waals surface area (Å²) in [5.41, 5.74) is 3.42. The number of furan rings is 1. The Morgan fingerprint density at radius 3 is 2.42 bits per heavy atom. The van der Waals surface area contributed by atoms with Gasteiger partial charge in [0.05, 0.1) is 27.9 Å². The average Bonchev–Trinajstić information content (AvgIpc) is 3.56. The molecule has 1 amide bonds. The van der Waals surface area contributed by atoms with E-state index in [0.717, 1.165) is 34.2 Å². The maximum atomic E-state index is 13.7. The van der Waals surface area contributed by atoms with Crippen LogP contribution in [0.25, 0.3) is 10.2 Å². The summed E-state index contributed by atoms with van der Waals surface area (Å²) in [6, 6.07) is 13.9. The molecule has 0 radical (unpaired) electrons. The van der Waals surface area contributed by atoms with Crippen molar-refractivity contribution in [3.8, 4) is 0 Å². The second-order valence-corrected chi connectivity index (χ2v) is 12.4. The number of carbonyl (C=O) groups excluding carboxylic acids is 1. The van der Waals surface area contributed by atoms with Gasteiger partial charge in [-0.3, -0.25) is 9.69 Å². The number of hydrogen-bond donors (Lipinski definition) is 0. The van der Waals surface area contributed by atoms with Gasteiger partial charge in [0.1, 0.15) is 5.76 Å². The van der Waals surface area contributed by atoms with Crippen LogP contribution >= 0.6 is 11.3 Å². The zero-order valence-electron chi connectivity index (χ0n) is 20.6. The number of rotatable bonds is 6. The zero-order chi connectivity index (χ0) is 25.4. The number of nitrogens with zero attached hydrogens (tertiary/aromatic N) is 3. The van der Waals surface area contributed by atoms with E-state index in [0.29, 0.717) is 35.5 Å². The van der Waals surface area contributed by atoms with Crippen molar-refractivity contribution in [2.24, 2.45) is 5.92 Å². The van der Waals surface area contributed by atoms with E-state index in [9.17, 15) is 13.2 Å². The van der Waals surface area contributed by atoms with Crippen LogP contribution in [0.3, 0.4) is 0 Å². The zero-order valence-corrected chi connectivity index (χ0v) is 22.2. The van der Waals surface area contributed by atoms with E-state index in [1.54, 1.807) is 33.7 Å². The van der Waals surface area contributed by atoms with Crippen molar-refractivity contribution in [1.29, 1.82) is 0 Å². The fraction of sp³-hybridized carbons (Fsp3) is 0.333. The highest BCUT2D eigenvalue weighted by Gasteiger charge is 2.29. The molecule has 1 saturated heterocycles. The summed E-state index contributed by atoms with van der Waals surface area (Å²) < 4.78 is 34.3. The number of anilines is 1. The largest absolute Gasteiger partial charge is 0.467 e. The molecule has 0 atom stereocenters. The van der Waals surface area contributed by atoms with Gasteiger partial charge in [-0.15, -0.1) is 0 Å². The van der Waals surface area contributed by atoms with Gasteiger partial charge in [-0.1, -0.05) is 30.4 Å². The summed E-state index contributed by atoms with van der Waals surface area (Å²) in [6.45, 7) is 7.45. The lowest BCUT2D eigenvalue weighted by Crippen LogP contribution is -2.37. The monoisotopic (exact) mass is 523 g/mol. The van der Waals surface area contributed by atoms with Crippen molar-refractivity contribution in [3.63, 3.8) is 0 Å². The smallest absolute Gasteiger partial charge is 0.260 e. The molecule has 2 aromatic heterocycles. The number of sulfonamides is 1. The molecule has 36 heavy (non-hydrogen) atoms. The third kappa shape index (κ3) is 4.70. The molecule has 0 saturated carbocycles. The number of aryl methyl sites for hydroxylation is 2. The predicted octanol–water partition coefficient (Wildman–Crippen LogP) is 5.77. The Bertz CT molecular complexity index is 1450. The highest BCUT2D eigenvalue weighted by molar-refractivity contribution is 7.89. The summed E-state index contributed by atoms with van der Waals surface area (Å²) in [5.74, 6) is 0.901. The summed E-state index contributed by atoms with van der Waals surface area (Å²) in [4.78, 5) is 20.3. The van der Waals surface area contributed by atoms with E-state index >= 15 is 0 Å². The van der Waals surface area contributed by atoms with Gasteiger partial charge in [-0.05, 0) is 80.1 Å². The minimum Gasteiger partial charge on any atom is -0.467 e. The Balaban J connectivity index is 1.46. The van der Waals surface area contributed by atoms with E-state index < -0.39 is 10.0 Å². The summed E-state index contributed by atoms with van der Waals surface area (Å²) in [6.07, 6.45) is 3.29. The van der Waals surface area contributed by atoms with Gasteiger partial charge in [0.2, 0.25) is 10.0 Å².